The molecule has 0 N–H and O–H groups in total. The lowest BCUT2D eigenvalue weighted by molar-refractivity contribution is 0.143. The SMILES string of the molecule is C=C[Si](CCC)(OC(C)C)O[Si](C=C)(CCC)OC(C)C. The quantitative estimate of drug-likeness (QED) is 0.471. The van der Waals surface area contributed by atoms with Gasteiger partial charge in [0, 0.05) is 12.2 Å². The third-order valence-electron chi connectivity index (χ3n) is 3.03. The summed E-state index contributed by atoms with van der Waals surface area (Å²) in [5.74, 6) is 0. The fraction of sp³-hybridized carbons (Fsp3) is 0.750. The number of rotatable bonds is 12. The minimum Gasteiger partial charge on any atom is -0.408 e. The zero-order valence-corrected chi connectivity index (χ0v) is 16.8. The van der Waals surface area contributed by atoms with Crippen molar-refractivity contribution < 1.29 is 13.0 Å². The van der Waals surface area contributed by atoms with Crippen LogP contribution < -0.4 is 0 Å². The minimum atomic E-state index is -2.46. The lowest BCUT2D eigenvalue weighted by Gasteiger charge is -2.39. The van der Waals surface area contributed by atoms with Gasteiger partial charge in [0.2, 0.25) is 0 Å². The van der Waals surface area contributed by atoms with E-state index in [-0.39, 0.29) is 12.2 Å². The molecule has 0 heterocycles. The zero-order chi connectivity index (χ0) is 16.5. The van der Waals surface area contributed by atoms with Crippen molar-refractivity contribution in [2.24, 2.45) is 0 Å². The largest absolute Gasteiger partial charge is 0.408 e. The summed E-state index contributed by atoms with van der Waals surface area (Å²) in [5, 5.41) is 0. The van der Waals surface area contributed by atoms with Crippen LogP contribution in [0.15, 0.2) is 24.6 Å². The highest BCUT2D eigenvalue weighted by Gasteiger charge is 2.46. The summed E-state index contributed by atoms with van der Waals surface area (Å²) in [6, 6.07) is 1.81. The monoisotopic (exact) mass is 330 g/mol. The van der Waals surface area contributed by atoms with E-state index in [4.69, 9.17) is 13.0 Å². The minimum absolute atomic E-state index is 0.124. The second-order valence-electron chi connectivity index (χ2n) is 5.97. The maximum absolute atomic E-state index is 6.62. The van der Waals surface area contributed by atoms with Crippen LogP contribution in [-0.2, 0) is 13.0 Å². The van der Waals surface area contributed by atoms with Gasteiger partial charge in [0.05, 0.1) is 0 Å². The van der Waals surface area contributed by atoms with E-state index in [0.717, 1.165) is 24.9 Å². The van der Waals surface area contributed by atoms with Gasteiger partial charge in [0.15, 0.2) is 0 Å². The maximum Gasteiger partial charge on any atom is 0.356 e. The van der Waals surface area contributed by atoms with Gasteiger partial charge in [-0.2, -0.15) is 0 Å². The summed E-state index contributed by atoms with van der Waals surface area (Å²) in [6.45, 7) is 20.5. The highest BCUT2D eigenvalue weighted by atomic mass is 28.5. The smallest absolute Gasteiger partial charge is 0.356 e. The molecule has 0 aromatic rings. The molecule has 2 atom stereocenters. The standard InChI is InChI=1S/C16H34O3Si2/c1-9-13-20(11-3,17-15(5)6)19-21(12-4,14-10-2)18-16(7)8/h11-12,15-16H,3-4,9-10,13-14H2,1-2,5-8H3. The highest BCUT2D eigenvalue weighted by Crippen LogP contribution is 2.29. The number of hydrogen-bond donors (Lipinski definition) is 0. The molecule has 0 radical (unpaired) electrons. The molecule has 0 fully saturated rings. The molecule has 124 valence electrons. The molecule has 0 aromatic heterocycles. The second-order valence-corrected chi connectivity index (χ2v) is 12.3. The lowest BCUT2D eigenvalue weighted by atomic mass is 10.5. The van der Waals surface area contributed by atoms with Gasteiger partial charge in [0.25, 0.3) is 0 Å². The summed E-state index contributed by atoms with van der Waals surface area (Å²) in [4.78, 5) is 0. The molecule has 5 heteroatoms. The van der Waals surface area contributed by atoms with Gasteiger partial charge in [-0.05, 0) is 39.8 Å². The Kier molecular flexibility index (Phi) is 9.64. The molecule has 0 amide bonds. The third kappa shape index (κ3) is 7.06. The van der Waals surface area contributed by atoms with Crippen LogP contribution in [0.3, 0.4) is 0 Å². The van der Waals surface area contributed by atoms with Crippen LogP contribution >= 0.6 is 0 Å². The Morgan fingerprint density at radius 1 is 0.810 bits per heavy atom. The van der Waals surface area contributed by atoms with E-state index in [2.05, 4.69) is 27.0 Å². The lowest BCUT2D eigenvalue weighted by Crippen LogP contribution is -2.55. The molecule has 0 aliphatic rings. The molecule has 0 rings (SSSR count). The Labute approximate surface area is 133 Å². The Hall–Kier alpha value is -0.206. The summed E-state index contributed by atoms with van der Waals surface area (Å²) in [7, 11) is -4.93. The van der Waals surface area contributed by atoms with Crippen LogP contribution in [0.2, 0.25) is 12.1 Å². The molecular formula is C16H34O3Si2. The Morgan fingerprint density at radius 2 is 1.14 bits per heavy atom. The van der Waals surface area contributed by atoms with Gasteiger partial charge in [-0.25, -0.2) is 0 Å². The fourth-order valence-electron chi connectivity index (χ4n) is 2.44. The molecule has 0 aromatic carbocycles. The first-order chi connectivity index (χ1) is 9.78. The highest BCUT2D eigenvalue weighted by molar-refractivity contribution is 6.86. The van der Waals surface area contributed by atoms with Crippen LogP contribution in [-0.4, -0.2) is 29.3 Å². The summed E-state index contributed by atoms with van der Waals surface area (Å²) in [6.07, 6.45) is 2.28. The summed E-state index contributed by atoms with van der Waals surface area (Å²) >= 11 is 0. The summed E-state index contributed by atoms with van der Waals surface area (Å²) < 4.78 is 19.1. The van der Waals surface area contributed by atoms with Gasteiger partial charge < -0.3 is 13.0 Å². The van der Waals surface area contributed by atoms with E-state index >= 15 is 0 Å². The molecule has 21 heavy (non-hydrogen) atoms. The predicted molar refractivity (Wildman–Crippen MR) is 95.6 cm³/mol. The number of hydrogen-bond acceptors (Lipinski definition) is 3. The molecule has 0 saturated heterocycles. The van der Waals surface area contributed by atoms with E-state index < -0.39 is 17.1 Å². The van der Waals surface area contributed by atoms with Gasteiger partial charge in [-0.3, -0.25) is 0 Å². The second kappa shape index (κ2) is 9.74. The molecule has 0 saturated carbocycles. The first-order valence-electron chi connectivity index (χ1n) is 8.11. The maximum atomic E-state index is 6.62. The fourth-order valence-corrected chi connectivity index (χ4v) is 10.5. The van der Waals surface area contributed by atoms with Crippen molar-refractivity contribution in [2.45, 2.75) is 78.7 Å². The van der Waals surface area contributed by atoms with E-state index in [1.165, 1.54) is 0 Å². The molecule has 0 aliphatic heterocycles. The van der Waals surface area contributed by atoms with Crippen molar-refractivity contribution >= 4 is 17.1 Å². The Morgan fingerprint density at radius 3 is 1.33 bits per heavy atom. The van der Waals surface area contributed by atoms with Crippen LogP contribution in [0.25, 0.3) is 0 Å². The van der Waals surface area contributed by atoms with Crippen LogP contribution in [0.4, 0.5) is 0 Å². The van der Waals surface area contributed by atoms with Crippen LogP contribution in [0.5, 0.6) is 0 Å². The van der Waals surface area contributed by atoms with Gasteiger partial charge in [-0.1, -0.05) is 38.1 Å². The van der Waals surface area contributed by atoms with Crippen molar-refractivity contribution in [3.63, 3.8) is 0 Å². The molecule has 0 spiro atoms. The molecule has 2 unspecified atom stereocenters. The van der Waals surface area contributed by atoms with Gasteiger partial charge >= 0.3 is 17.1 Å². The predicted octanol–water partition coefficient (Wildman–Crippen LogP) is 5.01. The summed E-state index contributed by atoms with van der Waals surface area (Å²) in [5.41, 5.74) is 3.84. The molecular weight excluding hydrogens is 296 g/mol. The van der Waals surface area contributed by atoms with Crippen LogP contribution in [0.1, 0.15) is 54.4 Å². The van der Waals surface area contributed by atoms with Gasteiger partial charge in [0.1, 0.15) is 0 Å². The zero-order valence-electron chi connectivity index (χ0n) is 14.8. The third-order valence-corrected chi connectivity index (χ3v) is 11.2. The van der Waals surface area contributed by atoms with Crippen LogP contribution in [0, 0.1) is 0 Å². The van der Waals surface area contributed by atoms with E-state index in [1.807, 2.05) is 39.1 Å². The molecule has 0 aliphatic carbocycles. The average Bonchev–Trinajstić information content (AvgIpc) is 2.37. The molecule has 0 bridgehead atoms. The van der Waals surface area contributed by atoms with E-state index in [0.29, 0.717) is 0 Å². The molecule has 3 nitrogen and oxygen atoms in total. The average molecular weight is 331 g/mol. The Balaban J connectivity index is 5.44. The topological polar surface area (TPSA) is 27.7 Å². The van der Waals surface area contributed by atoms with Crippen molar-refractivity contribution in [1.29, 1.82) is 0 Å². The van der Waals surface area contributed by atoms with Crippen molar-refractivity contribution in [3.8, 4) is 0 Å². The normalized spacial score (nSPS) is 17.5. The first kappa shape index (κ1) is 20.8. The first-order valence-corrected chi connectivity index (χ1v) is 12.3. The van der Waals surface area contributed by atoms with Gasteiger partial charge in [-0.15, -0.1) is 13.2 Å². The Bertz CT molecular complexity index is 291. The van der Waals surface area contributed by atoms with E-state index in [9.17, 15) is 0 Å². The van der Waals surface area contributed by atoms with Crippen molar-refractivity contribution in [1.82, 2.24) is 0 Å². The van der Waals surface area contributed by atoms with Crippen molar-refractivity contribution in [3.05, 3.63) is 24.6 Å². The van der Waals surface area contributed by atoms with Crippen molar-refractivity contribution in [2.75, 3.05) is 0 Å². The van der Waals surface area contributed by atoms with E-state index in [1.54, 1.807) is 0 Å².